The molecule has 1 saturated heterocycles. The van der Waals surface area contributed by atoms with Gasteiger partial charge in [0, 0.05) is 18.7 Å². The van der Waals surface area contributed by atoms with Gasteiger partial charge in [0.2, 0.25) is 0 Å². The van der Waals surface area contributed by atoms with Crippen LogP contribution in [0, 0.1) is 22.5 Å². The molecule has 0 bridgehead atoms. The van der Waals surface area contributed by atoms with E-state index in [0.29, 0.717) is 12.5 Å². The van der Waals surface area contributed by atoms with Gasteiger partial charge < -0.3 is 10.6 Å². The first-order chi connectivity index (χ1) is 9.08. The number of hydrogen-bond acceptors (Lipinski definition) is 4. The number of nitrogens with one attached hydrogen (secondary N) is 2. The lowest BCUT2D eigenvalue weighted by Gasteiger charge is -2.28. The predicted molar refractivity (Wildman–Crippen MR) is 70.7 cm³/mol. The standard InChI is InChI=1S/C13H16N3O3/c1-9-6-10(8-14-7-9)15-13(17)11-4-2-3-5-12(11)16(18)19/h2-6,9-10,14H,7-8H2,1H3,(H,15,17). The van der Waals surface area contributed by atoms with Crippen molar-refractivity contribution in [2.24, 2.45) is 5.92 Å². The Hall–Kier alpha value is -1.95. The molecule has 101 valence electrons. The van der Waals surface area contributed by atoms with Crippen LogP contribution < -0.4 is 10.6 Å². The SMILES string of the molecule is CC1[CH]C(NC(=O)c2ccccc2[N+](=O)[O-])CNC1. The minimum absolute atomic E-state index is 0.0964. The van der Waals surface area contributed by atoms with Crippen LogP contribution in [0.3, 0.4) is 0 Å². The van der Waals surface area contributed by atoms with Gasteiger partial charge in [0.05, 0.1) is 4.92 Å². The number of para-hydroxylation sites is 1. The summed E-state index contributed by atoms with van der Waals surface area (Å²) in [5, 5.41) is 16.9. The molecule has 2 rings (SSSR count). The normalized spacial score (nSPS) is 22.8. The number of nitrogens with zero attached hydrogens (tertiary/aromatic N) is 1. The second kappa shape index (κ2) is 5.79. The van der Waals surface area contributed by atoms with Crippen LogP contribution in [-0.4, -0.2) is 30.0 Å². The fourth-order valence-corrected chi connectivity index (χ4v) is 2.17. The van der Waals surface area contributed by atoms with Crippen molar-refractivity contribution in [2.45, 2.75) is 13.0 Å². The van der Waals surface area contributed by atoms with Gasteiger partial charge in [-0.1, -0.05) is 19.1 Å². The maximum absolute atomic E-state index is 12.1. The van der Waals surface area contributed by atoms with Crippen molar-refractivity contribution in [1.29, 1.82) is 0 Å². The van der Waals surface area contributed by atoms with Crippen LogP contribution in [0.4, 0.5) is 5.69 Å². The van der Waals surface area contributed by atoms with Crippen molar-refractivity contribution in [3.05, 3.63) is 46.4 Å². The van der Waals surface area contributed by atoms with Gasteiger partial charge in [-0.05, 0) is 24.9 Å². The zero-order valence-electron chi connectivity index (χ0n) is 10.6. The number of amides is 1. The van der Waals surface area contributed by atoms with Crippen molar-refractivity contribution in [2.75, 3.05) is 13.1 Å². The quantitative estimate of drug-likeness (QED) is 0.632. The van der Waals surface area contributed by atoms with Crippen LogP contribution >= 0.6 is 0 Å². The number of carbonyl (C=O) groups is 1. The first-order valence-electron chi connectivity index (χ1n) is 6.18. The summed E-state index contributed by atoms with van der Waals surface area (Å²) in [6.07, 6.45) is 2.04. The summed E-state index contributed by atoms with van der Waals surface area (Å²) in [5.41, 5.74) is -0.0732. The summed E-state index contributed by atoms with van der Waals surface area (Å²) in [4.78, 5) is 22.4. The largest absolute Gasteiger partial charge is 0.348 e. The van der Waals surface area contributed by atoms with Crippen LogP contribution in [0.15, 0.2) is 24.3 Å². The van der Waals surface area contributed by atoms with Gasteiger partial charge in [0.1, 0.15) is 5.56 Å². The average molecular weight is 262 g/mol. The highest BCUT2D eigenvalue weighted by molar-refractivity contribution is 5.98. The molecule has 1 aromatic carbocycles. The Kier molecular flexibility index (Phi) is 4.11. The van der Waals surface area contributed by atoms with E-state index in [1.807, 2.05) is 6.42 Å². The van der Waals surface area contributed by atoms with Crippen LogP contribution in [0.2, 0.25) is 0 Å². The number of hydrogen-bond donors (Lipinski definition) is 2. The third-order valence-corrected chi connectivity index (χ3v) is 3.05. The summed E-state index contributed by atoms with van der Waals surface area (Å²) >= 11 is 0. The molecule has 1 heterocycles. The molecule has 2 N–H and O–H groups in total. The molecule has 1 radical (unpaired) electrons. The number of rotatable bonds is 3. The van der Waals surface area contributed by atoms with E-state index in [1.54, 1.807) is 12.1 Å². The van der Waals surface area contributed by atoms with Crippen LogP contribution in [-0.2, 0) is 0 Å². The average Bonchev–Trinajstić information content (AvgIpc) is 2.38. The summed E-state index contributed by atoms with van der Waals surface area (Å²) in [7, 11) is 0. The van der Waals surface area contributed by atoms with Gasteiger partial charge in [0.15, 0.2) is 0 Å². The summed E-state index contributed by atoms with van der Waals surface area (Å²) < 4.78 is 0. The number of carbonyl (C=O) groups excluding carboxylic acids is 1. The number of piperidine rings is 1. The predicted octanol–water partition coefficient (Wildman–Crippen LogP) is 1.14. The van der Waals surface area contributed by atoms with Crippen LogP contribution in [0.1, 0.15) is 17.3 Å². The Bertz CT molecular complexity index is 490. The Labute approximate surface area is 111 Å². The maximum Gasteiger partial charge on any atom is 0.282 e. The highest BCUT2D eigenvalue weighted by atomic mass is 16.6. The van der Waals surface area contributed by atoms with Gasteiger partial charge in [-0.15, -0.1) is 0 Å². The van der Waals surface area contributed by atoms with E-state index in [9.17, 15) is 14.9 Å². The fourth-order valence-electron chi connectivity index (χ4n) is 2.17. The molecule has 1 fully saturated rings. The third-order valence-electron chi connectivity index (χ3n) is 3.05. The van der Waals surface area contributed by atoms with E-state index in [-0.39, 0.29) is 17.3 Å². The molecule has 6 nitrogen and oxygen atoms in total. The summed E-state index contributed by atoms with van der Waals surface area (Å²) in [6, 6.07) is 5.86. The lowest BCUT2D eigenvalue weighted by Crippen LogP contribution is -2.48. The van der Waals surface area contributed by atoms with Crippen molar-refractivity contribution >= 4 is 11.6 Å². The lowest BCUT2D eigenvalue weighted by molar-refractivity contribution is -0.385. The van der Waals surface area contributed by atoms with E-state index in [1.165, 1.54) is 12.1 Å². The third kappa shape index (κ3) is 3.29. The van der Waals surface area contributed by atoms with Crippen molar-refractivity contribution in [1.82, 2.24) is 10.6 Å². The monoisotopic (exact) mass is 262 g/mol. The van der Waals surface area contributed by atoms with Gasteiger partial charge in [-0.2, -0.15) is 0 Å². The molecule has 19 heavy (non-hydrogen) atoms. The van der Waals surface area contributed by atoms with E-state index >= 15 is 0 Å². The Morgan fingerprint density at radius 2 is 2.16 bits per heavy atom. The Balaban J connectivity index is 2.09. The highest BCUT2D eigenvalue weighted by Gasteiger charge is 2.24. The Morgan fingerprint density at radius 3 is 2.84 bits per heavy atom. The van der Waals surface area contributed by atoms with Crippen molar-refractivity contribution in [3.8, 4) is 0 Å². The van der Waals surface area contributed by atoms with Crippen LogP contribution in [0.25, 0.3) is 0 Å². The van der Waals surface area contributed by atoms with E-state index < -0.39 is 10.8 Å². The van der Waals surface area contributed by atoms with Crippen molar-refractivity contribution < 1.29 is 9.72 Å². The molecule has 0 spiro atoms. The van der Waals surface area contributed by atoms with E-state index in [0.717, 1.165) is 6.54 Å². The molecule has 2 atom stereocenters. The van der Waals surface area contributed by atoms with Crippen LogP contribution in [0.5, 0.6) is 0 Å². The second-order valence-electron chi connectivity index (χ2n) is 4.68. The molecule has 0 saturated carbocycles. The molecule has 1 aromatic rings. The molecule has 2 unspecified atom stereocenters. The fraction of sp³-hybridized carbons (Fsp3) is 0.385. The van der Waals surface area contributed by atoms with Gasteiger partial charge in [0.25, 0.3) is 11.6 Å². The second-order valence-corrected chi connectivity index (χ2v) is 4.68. The van der Waals surface area contributed by atoms with E-state index in [2.05, 4.69) is 17.6 Å². The summed E-state index contributed by atoms with van der Waals surface area (Å²) in [5.74, 6) is -0.0470. The Morgan fingerprint density at radius 1 is 1.42 bits per heavy atom. The van der Waals surface area contributed by atoms with Crippen molar-refractivity contribution in [3.63, 3.8) is 0 Å². The van der Waals surface area contributed by atoms with Gasteiger partial charge in [-0.3, -0.25) is 14.9 Å². The van der Waals surface area contributed by atoms with E-state index in [4.69, 9.17) is 0 Å². The number of nitro benzene ring substituents is 1. The molecular weight excluding hydrogens is 246 g/mol. The number of benzene rings is 1. The lowest BCUT2D eigenvalue weighted by atomic mass is 9.97. The van der Waals surface area contributed by atoms with Gasteiger partial charge >= 0.3 is 0 Å². The molecule has 6 heteroatoms. The van der Waals surface area contributed by atoms with Gasteiger partial charge in [-0.25, -0.2) is 0 Å². The minimum atomic E-state index is -0.541. The molecule has 1 amide bonds. The first kappa shape index (κ1) is 13.5. The number of nitro groups is 1. The molecule has 1 aliphatic rings. The summed E-state index contributed by atoms with van der Waals surface area (Å²) in [6.45, 7) is 3.59. The highest BCUT2D eigenvalue weighted by Crippen LogP contribution is 2.18. The zero-order valence-corrected chi connectivity index (χ0v) is 10.6. The molecule has 0 aromatic heterocycles. The minimum Gasteiger partial charge on any atom is -0.348 e. The zero-order chi connectivity index (χ0) is 13.8. The topological polar surface area (TPSA) is 84.3 Å². The smallest absolute Gasteiger partial charge is 0.282 e. The maximum atomic E-state index is 12.1. The molecular formula is C13H16N3O3. The molecule has 1 aliphatic heterocycles. The molecule has 0 aliphatic carbocycles. The first-order valence-corrected chi connectivity index (χ1v) is 6.18.